The average Bonchev–Trinajstić information content (AvgIpc) is 2.69. The molecule has 0 bridgehead atoms. The third-order valence-corrected chi connectivity index (χ3v) is 5.00. The number of benzene rings is 1. The van der Waals surface area contributed by atoms with Gasteiger partial charge in [-0.05, 0) is 30.5 Å². The molecule has 1 aliphatic heterocycles. The van der Waals surface area contributed by atoms with Crippen molar-refractivity contribution in [1.29, 1.82) is 0 Å². The van der Waals surface area contributed by atoms with Crippen LogP contribution in [0.15, 0.2) is 36.7 Å². The first kappa shape index (κ1) is 18.9. The summed E-state index contributed by atoms with van der Waals surface area (Å²) in [4.78, 5) is 22.5. The summed E-state index contributed by atoms with van der Waals surface area (Å²) in [6.45, 7) is 0.577. The van der Waals surface area contributed by atoms with Gasteiger partial charge >= 0.3 is 5.97 Å². The maximum Gasteiger partial charge on any atom is 0.314 e. The number of carboxylic acids is 1. The summed E-state index contributed by atoms with van der Waals surface area (Å²) in [5, 5.41) is 20.6. The molecule has 0 amide bonds. The number of piperidine rings is 1. The van der Waals surface area contributed by atoms with Crippen molar-refractivity contribution in [3.05, 3.63) is 42.2 Å². The second kappa shape index (κ2) is 7.79. The van der Waals surface area contributed by atoms with Gasteiger partial charge in [0.1, 0.15) is 11.2 Å². The molecule has 1 aromatic heterocycles. The molecule has 2 atom stereocenters. The van der Waals surface area contributed by atoms with E-state index in [0.717, 1.165) is 5.56 Å². The van der Waals surface area contributed by atoms with Crippen molar-refractivity contribution in [2.75, 3.05) is 32.2 Å². The van der Waals surface area contributed by atoms with Gasteiger partial charge in [-0.3, -0.25) is 4.79 Å². The van der Waals surface area contributed by atoms with Crippen molar-refractivity contribution in [1.82, 2.24) is 9.97 Å². The highest BCUT2D eigenvalue weighted by Crippen LogP contribution is 2.36. The number of nitrogens with zero attached hydrogens (tertiary/aromatic N) is 3. The molecule has 1 aromatic carbocycles. The number of hydrogen-bond donors (Lipinski definition) is 2. The number of ether oxygens (including phenoxy) is 2. The number of aliphatic carboxylic acids is 1. The fourth-order valence-electron chi connectivity index (χ4n) is 3.43. The maximum absolute atomic E-state index is 12.2. The van der Waals surface area contributed by atoms with Crippen LogP contribution in [0.1, 0.15) is 12.0 Å². The first-order valence-electron chi connectivity index (χ1n) is 8.64. The molecule has 0 radical (unpaired) electrons. The number of hydrogen-bond acceptors (Lipinski definition) is 7. The standard InChI is InChI=1S/C19H23N3O5/c1-26-14-5-3-4-13(8-14)9-19(17(24)25)12-22(7-6-16(19)23)18-20-10-15(27-2)11-21-18/h3-5,8,10-11,16,23H,6-7,9,12H2,1-2H3,(H,24,25)/t16-,19+/m0/s1. The Bertz CT molecular complexity index is 798. The van der Waals surface area contributed by atoms with Crippen LogP contribution in [0.3, 0.4) is 0 Å². The third kappa shape index (κ3) is 3.80. The van der Waals surface area contributed by atoms with E-state index in [1.165, 1.54) is 19.5 Å². The van der Waals surface area contributed by atoms with Crippen LogP contribution in [0.4, 0.5) is 5.95 Å². The first-order chi connectivity index (χ1) is 13.0. The largest absolute Gasteiger partial charge is 0.497 e. The van der Waals surface area contributed by atoms with Gasteiger partial charge < -0.3 is 24.6 Å². The Balaban J connectivity index is 1.90. The molecule has 8 nitrogen and oxygen atoms in total. The third-order valence-electron chi connectivity index (χ3n) is 5.00. The maximum atomic E-state index is 12.2. The zero-order valence-corrected chi connectivity index (χ0v) is 15.3. The molecule has 27 heavy (non-hydrogen) atoms. The summed E-state index contributed by atoms with van der Waals surface area (Å²) >= 11 is 0. The van der Waals surface area contributed by atoms with E-state index in [4.69, 9.17) is 9.47 Å². The fraction of sp³-hybridized carbons (Fsp3) is 0.421. The zero-order chi connectivity index (χ0) is 19.4. The molecular weight excluding hydrogens is 350 g/mol. The number of aliphatic hydroxyl groups is 1. The van der Waals surface area contributed by atoms with Gasteiger partial charge in [0, 0.05) is 13.1 Å². The Morgan fingerprint density at radius 2 is 1.96 bits per heavy atom. The normalized spacial score (nSPS) is 22.3. The van der Waals surface area contributed by atoms with Gasteiger partial charge in [0.25, 0.3) is 0 Å². The Kier molecular flexibility index (Phi) is 5.46. The Labute approximate surface area is 157 Å². The predicted molar refractivity (Wildman–Crippen MR) is 98.2 cm³/mol. The molecular formula is C19H23N3O5. The lowest BCUT2D eigenvalue weighted by Crippen LogP contribution is -2.57. The van der Waals surface area contributed by atoms with Gasteiger partial charge in [-0.15, -0.1) is 0 Å². The number of aliphatic hydroxyl groups excluding tert-OH is 1. The predicted octanol–water partition coefficient (Wildman–Crippen LogP) is 1.38. The van der Waals surface area contributed by atoms with E-state index in [0.29, 0.717) is 30.4 Å². The van der Waals surface area contributed by atoms with Crippen LogP contribution in [0.5, 0.6) is 11.5 Å². The van der Waals surface area contributed by atoms with Crippen LogP contribution in [-0.4, -0.2) is 59.6 Å². The summed E-state index contributed by atoms with van der Waals surface area (Å²) < 4.78 is 10.3. The Morgan fingerprint density at radius 1 is 1.26 bits per heavy atom. The summed E-state index contributed by atoms with van der Waals surface area (Å²) in [5.74, 6) is 0.542. The minimum atomic E-state index is -1.37. The lowest BCUT2D eigenvalue weighted by Gasteiger charge is -2.43. The monoisotopic (exact) mass is 373 g/mol. The van der Waals surface area contributed by atoms with Crippen LogP contribution in [-0.2, 0) is 11.2 Å². The van der Waals surface area contributed by atoms with E-state index in [9.17, 15) is 15.0 Å². The van der Waals surface area contributed by atoms with Crippen molar-refractivity contribution in [2.24, 2.45) is 5.41 Å². The second-order valence-corrected chi connectivity index (χ2v) is 6.64. The van der Waals surface area contributed by atoms with E-state index in [1.807, 2.05) is 12.1 Å². The molecule has 2 heterocycles. The zero-order valence-electron chi connectivity index (χ0n) is 15.3. The number of aromatic nitrogens is 2. The van der Waals surface area contributed by atoms with Crippen molar-refractivity contribution >= 4 is 11.9 Å². The van der Waals surface area contributed by atoms with E-state index in [1.54, 1.807) is 24.1 Å². The number of rotatable bonds is 6. The van der Waals surface area contributed by atoms with Crippen LogP contribution < -0.4 is 14.4 Å². The van der Waals surface area contributed by atoms with Crippen LogP contribution in [0.25, 0.3) is 0 Å². The number of methoxy groups -OCH3 is 2. The lowest BCUT2D eigenvalue weighted by molar-refractivity contribution is -0.157. The molecule has 2 aromatic rings. The molecule has 0 spiro atoms. The Morgan fingerprint density at radius 3 is 2.59 bits per heavy atom. The highest BCUT2D eigenvalue weighted by molar-refractivity contribution is 5.77. The quantitative estimate of drug-likeness (QED) is 0.782. The minimum absolute atomic E-state index is 0.104. The average molecular weight is 373 g/mol. The number of anilines is 1. The molecule has 0 saturated carbocycles. The van der Waals surface area contributed by atoms with E-state index in [-0.39, 0.29) is 13.0 Å². The molecule has 2 N–H and O–H groups in total. The van der Waals surface area contributed by atoms with Gasteiger partial charge in [0.15, 0.2) is 5.75 Å². The van der Waals surface area contributed by atoms with E-state index in [2.05, 4.69) is 9.97 Å². The molecule has 3 rings (SSSR count). The van der Waals surface area contributed by atoms with Crippen LogP contribution in [0.2, 0.25) is 0 Å². The summed E-state index contributed by atoms with van der Waals surface area (Å²) in [6.07, 6.45) is 2.59. The van der Waals surface area contributed by atoms with Crippen molar-refractivity contribution in [3.8, 4) is 11.5 Å². The van der Waals surface area contributed by atoms with Crippen molar-refractivity contribution in [2.45, 2.75) is 18.9 Å². The van der Waals surface area contributed by atoms with Crippen LogP contribution in [0, 0.1) is 5.41 Å². The highest BCUT2D eigenvalue weighted by atomic mass is 16.5. The minimum Gasteiger partial charge on any atom is -0.497 e. The summed E-state index contributed by atoms with van der Waals surface area (Å²) in [6, 6.07) is 7.23. The Hall–Kier alpha value is -2.87. The van der Waals surface area contributed by atoms with Crippen LogP contribution >= 0.6 is 0 Å². The molecule has 0 unspecified atom stereocenters. The summed E-state index contributed by atoms with van der Waals surface area (Å²) in [7, 11) is 3.09. The molecule has 1 saturated heterocycles. The SMILES string of the molecule is COc1cnc(N2CC[C@H](O)[C@](Cc3cccc(OC)c3)(C(=O)O)C2)nc1. The van der Waals surface area contributed by atoms with Crippen molar-refractivity contribution < 1.29 is 24.5 Å². The first-order valence-corrected chi connectivity index (χ1v) is 8.64. The molecule has 8 heteroatoms. The van der Waals surface area contributed by atoms with Crippen molar-refractivity contribution in [3.63, 3.8) is 0 Å². The molecule has 0 aliphatic carbocycles. The van der Waals surface area contributed by atoms with Gasteiger partial charge in [0.2, 0.25) is 5.95 Å². The smallest absolute Gasteiger partial charge is 0.314 e. The lowest BCUT2D eigenvalue weighted by atomic mass is 9.73. The number of carboxylic acid groups (broad SMARTS) is 1. The second-order valence-electron chi connectivity index (χ2n) is 6.64. The highest BCUT2D eigenvalue weighted by Gasteiger charge is 2.49. The molecule has 1 fully saturated rings. The van der Waals surface area contributed by atoms with Gasteiger partial charge in [-0.1, -0.05) is 12.1 Å². The topological polar surface area (TPSA) is 105 Å². The van der Waals surface area contributed by atoms with Gasteiger partial charge in [0.05, 0.1) is 32.7 Å². The van der Waals surface area contributed by atoms with E-state index < -0.39 is 17.5 Å². The summed E-state index contributed by atoms with van der Waals surface area (Å²) in [5.41, 5.74) is -0.582. The van der Waals surface area contributed by atoms with Gasteiger partial charge in [-0.2, -0.15) is 0 Å². The molecule has 144 valence electrons. The molecule has 1 aliphatic rings. The number of carbonyl (C=O) groups is 1. The fourth-order valence-corrected chi connectivity index (χ4v) is 3.43. The van der Waals surface area contributed by atoms with E-state index >= 15 is 0 Å². The van der Waals surface area contributed by atoms with Gasteiger partial charge in [-0.25, -0.2) is 9.97 Å².